The van der Waals surface area contributed by atoms with E-state index in [1.165, 1.54) is 0 Å². The lowest BCUT2D eigenvalue weighted by Crippen LogP contribution is -2.47. The van der Waals surface area contributed by atoms with Gasteiger partial charge in [-0.2, -0.15) is 0 Å². The molecule has 0 aromatic rings. The molecule has 0 saturated heterocycles. The van der Waals surface area contributed by atoms with Gasteiger partial charge in [-0.05, 0) is 34.1 Å². The molecule has 126 valence electrons. The van der Waals surface area contributed by atoms with Crippen molar-refractivity contribution >= 4 is 11.9 Å². The Kier molecular flexibility index (Phi) is 8.13. The second kappa shape index (κ2) is 8.76. The summed E-state index contributed by atoms with van der Waals surface area (Å²) in [5.41, 5.74) is -1.03. The Balaban J connectivity index is 4.66. The van der Waals surface area contributed by atoms with Crippen molar-refractivity contribution in [3.05, 3.63) is 0 Å². The summed E-state index contributed by atoms with van der Waals surface area (Å²) >= 11 is 0. The van der Waals surface area contributed by atoms with Gasteiger partial charge in [-0.3, -0.25) is 14.5 Å². The van der Waals surface area contributed by atoms with E-state index in [0.29, 0.717) is 26.1 Å². The molecule has 0 bridgehead atoms. The van der Waals surface area contributed by atoms with Crippen LogP contribution >= 0.6 is 0 Å². The average molecular weight is 313 g/mol. The lowest BCUT2D eigenvalue weighted by Gasteiger charge is -2.38. The molecular weight excluding hydrogens is 286 g/mol. The van der Waals surface area contributed by atoms with Gasteiger partial charge in [0.15, 0.2) is 0 Å². The van der Waals surface area contributed by atoms with E-state index < -0.39 is 17.5 Å². The first-order valence-corrected chi connectivity index (χ1v) is 7.30. The van der Waals surface area contributed by atoms with Crippen LogP contribution in [0.2, 0.25) is 0 Å². The van der Waals surface area contributed by atoms with E-state index in [1.807, 2.05) is 18.7 Å². The Morgan fingerprint density at radius 3 is 1.91 bits per heavy atom. The zero-order valence-corrected chi connectivity index (χ0v) is 13.9. The van der Waals surface area contributed by atoms with Crippen molar-refractivity contribution in [2.75, 3.05) is 19.7 Å². The van der Waals surface area contributed by atoms with E-state index in [2.05, 4.69) is 5.92 Å². The van der Waals surface area contributed by atoms with Gasteiger partial charge in [-0.15, -0.1) is 6.42 Å². The lowest BCUT2D eigenvalue weighted by atomic mass is 9.97. The molecule has 0 fully saturated rings. The zero-order chi connectivity index (χ0) is 17.4. The SMILES string of the molecule is C#CC(C)(C)OCCC(C)(C)N(CCC(=O)O)CCC(=O)O. The first-order chi connectivity index (χ1) is 10.00. The van der Waals surface area contributed by atoms with Crippen molar-refractivity contribution in [1.29, 1.82) is 0 Å². The number of carboxylic acids is 2. The Hall–Kier alpha value is -1.58. The largest absolute Gasteiger partial charge is 0.481 e. The van der Waals surface area contributed by atoms with Gasteiger partial charge >= 0.3 is 11.9 Å². The average Bonchev–Trinajstić information content (AvgIpc) is 2.37. The molecule has 0 rings (SSSR count). The predicted octanol–water partition coefficient (Wildman–Crippen LogP) is 1.83. The van der Waals surface area contributed by atoms with Crippen molar-refractivity contribution in [2.45, 2.75) is 58.1 Å². The lowest BCUT2D eigenvalue weighted by molar-refractivity contribution is -0.138. The van der Waals surface area contributed by atoms with Crippen LogP contribution in [0.3, 0.4) is 0 Å². The summed E-state index contributed by atoms with van der Waals surface area (Å²) in [6.45, 7) is 8.51. The van der Waals surface area contributed by atoms with Gasteiger partial charge in [-0.25, -0.2) is 0 Å². The van der Waals surface area contributed by atoms with Crippen LogP contribution in [0.15, 0.2) is 0 Å². The van der Waals surface area contributed by atoms with Crippen LogP contribution in [-0.4, -0.2) is 57.9 Å². The summed E-state index contributed by atoms with van der Waals surface area (Å²) in [4.78, 5) is 23.4. The molecule has 6 heteroatoms. The van der Waals surface area contributed by atoms with Crippen LogP contribution in [0, 0.1) is 12.3 Å². The summed E-state index contributed by atoms with van der Waals surface area (Å²) in [5, 5.41) is 17.7. The van der Waals surface area contributed by atoms with E-state index in [0.717, 1.165) is 0 Å². The molecule has 0 radical (unpaired) electrons. The summed E-state index contributed by atoms with van der Waals surface area (Å²) in [6, 6.07) is 0. The van der Waals surface area contributed by atoms with Gasteiger partial charge in [0, 0.05) is 18.6 Å². The topological polar surface area (TPSA) is 87.1 Å². The summed E-state index contributed by atoms with van der Waals surface area (Å²) in [5.74, 6) is 0.742. The van der Waals surface area contributed by atoms with Crippen molar-refractivity contribution in [2.24, 2.45) is 0 Å². The minimum atomic E-state index is -0.902. The third-order valence-electron chi connectivity index (χ3n) is 3.57. The van der Waals surface area contributed by atoms with Crippen molar-refractivity contribution in [3.8, 4) is 12.3 Å². The normalized spacial score (nSPS) is 12.2. The second-order valence-electron chi connectivity index (χ2n) is 6.34. The maximum Gasteiger partial charge on any atom is 0.304 e. The number of hydrogen-bond acceptors (Lipinski definition) is 4. The van der Waals surface area contributed by atoms with Gasteiger partial charge < -0.3 is 14.9 Å². The van der Waals surface area contributed by atoms with Crippen molar-refractivity contribution in [1.82, 2.24) is 4.90 Å². The van der Waals surface area contributed by atoms with Gasteiger partial charge in [0.05, 0.1) is 19.4 Å². The van der Waals surface area contributed by atoms with E-state index in [-0.39, 0.29) is 18.4 Å². The van der Waals surface area contributed by atoms with Gasteiger partial charge in [0.1, 0.15) is 5.60 Å². The van der Waals surface area contributed by atoms with Gasteiger partial charge in [0.25, 0.3) is 0 Å². The number of ether oxygens (including phenoxy) is 1. The maximum atomic E-state index is 10.8. The molecule has 0 atom stereocenters. The highest BCUT2D eigenvalue weighted by Crippen LogP contribution is 2.21. The molecule has 22 heavy (non-hydrogen) atoms. The molecule has 0 amide bonds. The predicted molar refractivity (Wildman–Crippen MR) is 83.6 cm³/mol. The van der Waals surface area contributed by atoms with Crippen LogP contribution in [-0.2, 0) is 14.3 Å². The summed E-state index contributed by atoms with van der Waals surface area (Å²) in [7, 11) is 0. The van der Waals surface area contributed by atoms with E-state index in [9.17, 15) is 9.59 Å². The third-order valence-corrected chi connectivity index (χ3v) is 3.57. The summed E-state index contributed by atoms with van der Waals surface area (Å²) < 4.78 is 5.62. The second-order valence-corrected chi connectivity index (χ2v) is 6.34. The fraction of sp³-hybridized carbons (Fsp3) is 0.750. The van der Waals surface area contributed by atoms with Gasteiger partial charge in [-0.1, -0.05) is 5.92 Å². The van der Waals surface area contributed by atoms with Crippen LogP contribution in [0.25, 0.3) is 0 Å². The fourth-order valence-corrected chi connectivity index (χ4v) is 1.93. The molecule has 0 saturated carbocycles. The maximum absolute atomic E-state index is 10.8. The number of carbonyl (C=O) groups is 2. The van der Waals surface area contributed by atoms with E-state index in [4.69, 9.17) is 21.4 Å². The Morgan fingerprint density at radius 2 is 1.55 bits per heavy atom. The minimum absolute atomic E-state index is 0.0280. The molecule has 2 N–H and O–H groups in total. The van der Waals surface area contributed by atoms with Crippen molar-refractivity contribution < 1.29 is 24.5 Å². The number of aliphatic carboxylic acids is 2. The number of hydrogen-bond donors (Lipinski definition) is 2. The Bertz CT molecular complexity index is 405. The van der Waals surface area contributed by atoms with Crippen LogP contribution in [0.5, 0.6) is 0 Å². The first-order valence-electron chi connectivity index (χ1n) is 7.30. The van der Waals surface area contributed by atoms with Crippen LogP contribution < -0.4 is 0 Å². The highest BCUT2D eigenvalue weighted by atomic mass is 16.5. The van der Waals surface area contributed by atoms with Crippen molar-refractivity contribution in [3.63, 3.8) is 0 Å². The van der Waals surface area contributed by atoms with E-state index >= 15 is 0 Å². The summed E-state index contributed by atoms with van der Waals surface area (Å²) in [6.07, 6.45) is 5.93. The molecule has 0 heterocycles. The molecule has 0 aliphatic rings. The number of terminal acetylenes is 1. The smallest absolute Gasteiger partial charge is 0.304 e. The number of rotatable bonds is 11. The Morgan fingerprint density at radius 1 is 1.09 bits per heavy atom. The highest BCUT2D eigenvalue weighted by molar-refractivity contribution is 5.67. The molecule has 6 nitrogen and oxygen atoms in total. The third kappa shape index (κ3) is 8.65. The minimum Gasteiger partial charge on any atom is -0.481 e. The molecule has 0 aromatic heterocycles. The molecule has 0 unspecified atom stereocenters. The molecular formula is C16H27NO5. The van der Waals surface area contributed by atoms with Gasteiger partial charge in [0.2, 0.25) is 0 Å². The molecule has 0 spiro atoms. The fourth-order valence-electron chi connectivity index (χ4n) is 1.93. The number of nitrogens with zero attached hydrogens (tertiary/aromatic N) is 1. The van der Waals surface area contributed by atoms with Crippen LogP contribution in [0.4, 0.5) is 0 Å². The first kappa shape index (κ1) is 20.4. The molecule has 0 aliphatic carbocycles. The zero-order valence-electron chi connectivity index (χ0n) is 13.9. The number of carboxylic acid groups (broad SMARTS) is 2. The monoisotopic (exact) mass is 313 g/mol. The standard InChI is InChI=1S/C16H27NO5/c1-6-16(4,5)22-12-9-15(2,3)17(10-7-13(18)19)11-8-14(20)21/h1H,7-12H2,2-5H3,(H,18,19)(H,20,21). The van der Waals surface area contributed by atoms with Crippen LogP contribution in [0.1, 0.15) is 47.0 Å². The quantitative estimate of drug-likeness (QED) is 0.566. The Labute approximate surface area is 132 Å². The van der Waals surface area contributed by atoms with E-state index in [1.54, 1.807) is 13.8 Å². The highest BCUT2D eigenvalue weighted by Gasteiger charge is 2.28. The molecule has 0 aromatic carbocycles. The molecule has 0 aliphatic heterocycles.